The first-order valence-corrected chi connectivity index (χ1v) is 13.0. The van der Waals surface area contributed by atoms with Gasteiger partial charge in [-0.05, 0) is 85.3 Å². The third kappa shape index (κ3) is 6.22. The van der Waals surface area contributed by atoms with Crippen molar-refractivity contribution >= 4 is 6.08 Å². The Labute approximate surface area is 202 Å². The first-order valence-electron chi connectivity index (χ1n) is 13.0. The van der Waals surface area contributed by atoms with Crippen LogP contribution in [0.5, 0.6) is 11.5 Å². The second kappa shape index (κ2) is 11.8. The zero-order valence-corrected chi connectivity index (χ0v) is 22.4. The molecule has 182 valence electrons. The summed E-state index contributed by atoms with van der Waals surface area (Å²) in [7, 11) is 0. The van der Waals surface area contributed by atoms with E-state index in [1.165, 1.54) is 5.56 Å². The Morgan fingerprint density at radius 1 is 0.758 bits per heavy atom. The zero-order chi connectivity index (χ0) is 24.8. The van der Waals surface area contributed by atoms with E-state index in [1.54, 1.807) is 0 Å². The van der Waals surface area contributed by atoms with Crippen molar-refractivity contribution in [2.24, 2.45) is 0 Å². The van der Waals surface area contributed by atoms with Crippen molar-refractivity contribution < 1.29 is 10.2 Å². The van der Waals surface area contributed by atoms with Crippen molar-refractivity contribution in [2.75, 3.05) is 0 Å². The standard InChI is InChI=1S/C31H46O2/c1-9-12-15-18-23-19-25(17-14-11-3)29(32)27(21(23)4)28-22(5)24(16-13-10-2)20-26(30(28)33)31(6,7)8/h15,18-20,32-33H,9-14,16-17H2,1-8H3/b18-15-. The molecule has 0 aromatic heterocycles. The number of phenolic OH excluding ortho intramolecular Hbond substituents is 2. The molecule has 0 aliphatic rings. The number of benzene rings is 2. The molecule has 0 fully saturated rings. The Hall–Kier alpha value is -2.22. The van der Waals surface area contributed by atoms with Gasteiger partial charge in [-0.15, -0.1) is 0 Å². The minimum Gasteiger partial charge on any atom is -0.507 e. The first kappa shape index (κ1) is 27.0. The first-order chi connectivity index (χ1) is 15.6. The van der Waals surface area contributed by atoms with Gasteiger partial charge in [0.2, 0.25) is 0 Å². The van der Waals surface area contributed by atoms with Crippen LogP contribution in [0.15, 0.2) is 18.2 Å². The molecule has 0 aliphatic carbocycles. The molecule has 2 rings (SSSR count). The number of allylic oxidation sites excluding steroid dienone is 1. The van der Waals surface area contributed by atoms with E-state index in [-0.39, 0.29) is 5.41 Å². The summed E-state index contributed by atoms with van der Waals surface area (Å²) in [5.74, 6) is 0.647. The number of hydrogen-bond acceptors (Lipinski definition) is 2. The molecule has 0 unspecified atom stereocenters. The number of rotatable bonds is 10. The van der Waals surface area contributed by atoms with Crippen molar-refractivity contribution in [3.63, 3.8) is 0 Å². The van der Waals surface area contributed by atoms with Crippen LogP contribution in [0.2, 0.25) is 0 Å². The van der Waals surface area contributed by atoms with E-state index in [9.17, 15) is 10.2 Å². The maximum absolute atomic E-state index is 11.6. The van der Waals surface area contributed by atoms with Crippen LogP contribution in [-0.4, -0.2) is 10.2 Å². The topological polar surface area (TPSA) is 40.5 Å². The third-order valence-corrected chi connectivity index (χ3v) is 6.76. The Morgan fingerprint density at radius 2 is 1.33 bits per heavy atom. The Morgan fingerprint density at radius 3 is 1.88 bits per heavy atom. The quantitative estimate of drug-likeness (QED) is 0.379. The summed E-state index contributed by atoms with van der Waals surface area (Å²) in [6.45, 7) is 17.2. The van der Waals surface area contributed by atoms with Gasteiger partial charge in [-0.1, -0.05) is 79.0 Å². The van der Waals surface area contributed by atoms with Crippen LogP contribution in [0.1, 0.15) is 113 Å². The lowest BCUT2D eigenvalue weighted by atomic mass is 9.79. The highest BCUT2D eigenvalue weighted by Crippen LogP contribution is 2.48. The van der Waals surface area contributed by atoms with Crippen molar-refractivity contribution in [3.05, 3.63) is 51.6 Å². The predicted molar refractivity (Wildman–Crippen MR) is 145 cm³/mol. The van der Waals surface area contributed by atoms with Gasteiger partial charge in [0.1, 0.15) is 11.5 Å². The molecule has 0 amide bonds. The number of phenols is 2. The summed E-state index contributed by atoms with van der Waals surface area (Å²) in [6.07, 6.45) is 12.7. The van der Waals surface area contributed by atoms with Crippen molar-refractivity contribution in [3.8, 4) is 22.6 Å². The Bertz CT molecular complexity index is 974. The van der Waals surface area contributed by atoms with Gasteiger partial charge in [0.25, 0.3) is 0 Å². The number of aromatic hydroxyl groups is 2. The van der Waals surface area contributed by atoms with Gasteiger partial charge in [0.05, 0.1) is 0 Å². The van der Waals surface area contributed by atoms with Crippen LogP contribution in [0, 0.1) is 13.8 Å². The Balaban J connectivity index is 2.92. The normalized spacial score (nSPS) is 12.1. The van der Waals surface area contributed by atoms with Crippen molar-refractivity contribution in [2.45, 2.75) is 112 Å². The summed E-state index contributed by atoms with van der Waals surface area (Å²) in [5, 5.41) is 23.1. The monoisotopic (exact) mass is 450 g/mol. The lowest BCUT2D eigenvalue weighted by molar-refractivity contribution is 0.444. The predicted octanol–water partition coefficient (Wildman–Crippen LogP) is 9.18. The van der Waals surface area contributed by atoms with Crippen molar-refractivity contribution in [1.29, 1.82) is 0 Å². The number of unbranched alkanes of at least 4 members (excludes halogenated alkanes) is 3. The summed E-state index contributed by atoms with van der Waals surface area (Å²) in [5.41, 5.74) is 7.88. The molecule has 2 N–H and O–H groups in total. The second-order valence-corrected chi connectivity index (χ2v) is 10.6. The molecule has 2 aromatic rings. The molecular weight excluding hydrogens is 404 g/mol. The van der Waals surface area contributed by atoms with Crippen LogP contribution < -0.4 is 0 Å². The minimum atomic E-state index is -0.194. The van der Waals surface area contributed by atoms with Gasteiger partial charge in [-0.2, -0.15) is 0 Å². The van der Waals surface area contributed by atoms with Gasteiger partial charge in [0, 0.05) is 16.7 Å². The minimum absolute atomic E-state index is 0.194. The van der Waals surface area contributed by atoms with Crippen LogP contribution in [-0.2, 0) is 18.3 Å². The van der Waals surface area contributed by atoms with Gasteiger partial charge < -0.3 is 10.2 Å². The fraction of sp³-hybridized carbons (Fsp3) is 0.548. The lowest BCUT2D eigenvalue weighted by Gasteiger charge is -2.27. The maximum atomic E-state index is 11.6. The molecule has 2 nitrogen and oxygen atoms in total. The molecule has 2 aromatic carbocycles. The smallest absolute Gasteiger partial charge is 0.127 e. The molecule has 0 aliphatic heterocycles. The molecule has 0 saturated heterocycles. The molecular formula is C31H46O2. The third-order valence-electron chi connectivity index (χ3n) is 6.76. The van der Waals surface area contributed by atoms with Crippen LogP contribution in [0.25, 0.3) is 17.2 Å². The zero-order valence-electron chi connectivity index (χ0n) is 22.4. The summed E-state index contributed by atoms with van der Waals surface area (Å²) >= 11 is 0. The van der Waals surface area contributed by atoms with Gasteiger partial charge in [-0.3, -0.25) is 0 Å². The average molecular weight is 451 g/mol. The maximum Gasteiger partial charge on any atom is 0.127 e. The van der Waals surface area contributed by atoms with Crippen LogP contribution in [0.4, 0.5) is 0 Å². The SMILES string of the molecule is CCC/C=C\c1cc(CCCC)c(O)c(-c2c(C)c(CCCC)cc(C(C)(C)C)c2O)c1C. The molecule has 0 spiro atoms. The van der Waals surface area contributed by atoms with E-state index in [0.717, 1.165) is 90.3 Å². The second-order valence-electron chi connectivity index (χ2n) is 10.6. The van der Waals surface area contributed by atoms with Gasteiger partial charge in [0.15, 0.2) is 0 Å². The highest BCUT2D eigenvalue weighted by molar-refractivity contribution is 5.86. The van der Waals surface area contributed by atoms with E-state index in [0.29, 0.717) is 11.5 Å². The van der Waals surface area contributed by atoms with Crippen molar-refractivity contribution in [1.82, 2.24) is 0 Å². The van der Waals surface area contributed by atoms with Crippen LogP contribution >= 0.6 is 0 Å². The fourth-order valence-corrected chi connectivity index (χ4v) is 4.59. The summed E-state index contributed by atoms with van der Waals surface area (Å²) < 4.78 is 0. The van der Waals surface area contributed by atoms with Gasteiger partial charge >= 0.3 is 0 Å². The highest BCUT2D eigenvalue weighted by atomic mass is 16.3. The summed E-state index contributed by atoms with van der Waals surface area (Å²) in [4.78, 5) is 0. The molecule has 2 heteroatoms. The van der Waals surface area contributed by atoms with E-state index in [1.807, 2.05) is 0 Å². The molecule has 33 heavy (non-hydrogen) atoms. The van der Waals surface area contributed by atoms with E-state index < -0.39 is 0 Å². The molecule has 0 saturated carbocycles. The lowest BCUT2D eigenvalue weighted by Crippen LogP contribution is -2.13. The largest absolute Gasteiger partial charge is 0.507 e. The van der Waals surface area contributed by atoms with E-state index in [4.69, 9.17) is 0 Å². The molecule has 0 bridgehead atoms. The molecule has 0 radical (unpaired) electrons. The molecule has 0 atom stereocenters. The molecule has 0 heterocycles. The summed E-state index contributed by atoms with van der Waals surface area (Å²) in [6, 6.07) is 4.34. The van der Waals surface area contributed by atoms with E-state index in [2.05, 4.69) is 79.7 Å². The van der Waals surface area contributed by atoms with E-state index >= 15 is 0 Å². The average Bonchev–Trinajstić information content (AvgIpc) is 2.75. The highest BCUT2D eigenvalue weighted by Gasteiger charge is 2.27. The number of aryl methyl sites for hydroxylation is 2. The number of hydrogen-bond donors (Lipinski definition) is 2. The van der Waals surface area contributed by atoms with Crippen LogP contribution in [0.3, 0.4) is 0 Å². The fourth-order valence-electron chi connectivity index (χ4n) is 4.59. The Kier molecular flexibility index (Phi) is 9.64. The van der Waals surface area contributed by atoms with Gasteiger partial charge in [-0.25, -0.2) is 0 Å².